The van der Waals surface area contributed by atoms with E-state index in [0.717, 1.165) is 5.56 Å². The van der Waals surface area contributed by atoms with Gasteiger partial charge in [-0.25, -0.2) is 0 Å². The van der Waals surface area contributed by atoms with E-state index in [4.69, 9.17) is 10.5 Å². The number of amides is 2. The Bertz CT molecular complexity index is 519. The third-order valence-electron chi connectivity index (χ3n) is 2.52. The number of ether oxygens (including phenoxy) is 1. The van der Waals surface area contributed by atoms with Crippen LogP contribution in [0.2, 0.25) is 0 Å². The Kier molecular flexibility index (Phi) is 5.92. The second-order valence-electron chi connectivity index (χ2n) is 4.16. The number of carbonyl (C=O) groups excluding carboxylic acids is 2. The van der Waals surface area contributed by atoms with Gasteiger partial charge in [0.25, 0.3) is 0 Å². The van der Waals surface area contributed by atoms with Crippen molar-refractivity contribution < 1.29 is 14.3 Å². The van der Waals surface area contributed by atoms with Crippen LogP contribution in [0.5, 0.6) is 5.75 Å². The first-order valence-electron chi connectivity index (χ1n) is 5.88. The maximum absolute atomic E-state index is 11.8. The van der Waals surface area contributed by atoms with Gasteiger partial charge in [-0.1, -0.05) is 24.4 Å². The van der Waals surface area contributed by atoms with Crippen LogP contribution in [-0.2, 0) is 16.1 Å². The number of nitrogens with one attached hydrogen (secondary N) is 1. The van der Waals surface area contributed by atoms with Crippen LogP contribution in [0.4, 0.5) is 0 Å². The number of benzene rings is 1. The number of hydrogen-bond donors (Lipinski definition) is 2. The molecule has 6 nitrogen and oxygen atoms in total. The van der Waals surface area contributed by atoms with Crippen LogP contribution in [0.15, 0.2) is 24.3 Å². The summed E-state index contributed by atoms with van der Waals surface area (Å²) < 4.78 is 5.10. The Morgan fingerprint density at radius 3 is 2.75 bits per heavy atom. The average molecular weight is 295 g/mol. The summed E-state index contributed by atoms with van der Waals surface area (Å²) in [6.45, 7) is 0.309. The van der Waals surface area contributed by atoms with Crippen LogP contribution in [0.25, 0.3) is 0 Å². The summed E-state index contributed by atoms with van der Waals surface area (Å²) in [5.74, 6) is -0.687. The van der Waals surface area contributed by atoms with E-state index in [1.165, 1.54) is 4.90 Å². The van der Waals surface area contributed by atoms with E-state index in [1.54, 1.807) is 26.3 Å². The molecule has 1 rings (SSSR count). The molecule has 0 unspecified atom stereocenters. The zero-order valence-electron chi connectivity index (χ0n) is 11.4. The van der Waals surface area contributed by atoms with E-state index in [0.29, 0.717) is 12.3 Å². The minimum absolute atomic E-state index is 0.00685. The van der Waals surface area contributed by atoms with Crippen molar-refractivity contribution in [3.8, 4) is 5.75 Å². The molecular formula is C13H17N3O3S. The molecule has 0 saturated heterocycles. The van der Waals surface area contributed by atoms with E-state index >= 15 is 0 Å². The molecule has 1 aromatic rings. The first-order valence-corrected chi connectivity index (χ1v) is 6.29. The highest BCUT2D eigenvalue weighted by Crippen LogP contribution is 2.13. The summed E-state index contributed by atoms with van der Waals surface area (Å²) in [5.41, 5.74) is 6.11. The van der Waals surface area contributed by atoms with Crippen molar-refractivity contribution in [3.05, 3.63) is 29.8 Å². The Labute approximate surface area is 122 Å². The number of nitrogens with zero attached hydrogens (tertiary/aromatic N) is 1. The molecule has 0 radical (unpaired) electrons. The molecule has 0 heterocycles. The topological polar surface area (TPSA) is 84.7 Å². The molecule has 1 aromatic carbocycles. The summed E-state index contributed by atoms with van der Waals surface area (Å²) in [5, 5.41) is 2.35. The maximum atomic E-state index is 11.8. The predicted octanol–water partition coefficient (Wildman–Crippen LogP) is 0.0559. The van der Waals surface area contributed by atoms with Crippen molar-refractivity contribution >= 4 is 29.0 Å². The summed E-state index contributed by atoms with van der Waals surface area (Å²) in [6, 6.07) is 7.27. The van der Waals surface area contributed by atoms with Gasteiger partial charge in [-0.3, -0.25) is 9.59 Å². The number of nitrogens with two attached hydrogens (primary N) is 1. The van der Waals surface area contributed by atoms with Crippen LogP contribution in [0, 0.1) is 0 Å². The van der Waals surface area contributed by atoms with Gasteiger partial charge in [0.2, 0.25) is 0 Å². The third kappa shape index (κ3) is 4.85. The van der Waals surface area contributed by atoms with Gasteiger partial charge in [0, 0.05) is 13.6 Å². The van der Waals surface area contributed by atoms with Crippen molar-refractivity contribution in [2.45, 2.75) is 6.54 Å². The summed E-state index contributed by atoms with van der Waals surface area (Å²) in [6.07, 6.45) is 0. The lowest BCUT2D eigenvalue weighted by atomic mass is 10.2. The summed E-state index contributed by atoms with van der Waals surface area (Å²) in [7, 11) is 3.11. The fourth-order valence-corrected chi connectivity index (χ4v) is 1.61. The van der Waals surface area contributed by atoms with E-state index in [1.807, 2.05) is 12.1 Å². The lowest BCUT2D eigenvalue weighted by Crippen LogP contribution is -2.43. The van der Waals surface area contributed by atoms with Gasteiger partial charge in [-0.05, 0) is 17.7 Å². The molecule has 0 atom stereocenters. The molecule has 2 amide bonds. The number of methoxy groups -OCH3 is 1. The fourth-order valence-electron chi connectivity index (χ4n) is 1.53. The smallest absolute Gasteiger partial charge is 0.311 e. The minimum atomic E-state index is -0.733. The number of hydrogen-bond acceptors (Lipinski definition) is 4. The molecule has 0 aliphatic heterocycles. The van der Waals surface area contributed by atoms with Gasteiger partial charge in [-0.15, -0.1) is 0 Å². The monoisotopic (exact) mass is 295 g/mol. The summed E-state index contributed by atoms with van der Waals surface area (Å²) in [4.78, 5) is 24.8. The molecule has 0 aliphatic rings. The molecular weight excluding hydrogens is 278 g/mol. The van der Waals surface area contributed by atoms with Crippen LogP contribution < -0.4 is 15.8 Å². The fraction of sp³-hybridized carbons (Fsp3) is 0.308. The van der Waals surface area contributed by atoms with Crippen molar-refractivity contribution in [2.24, 2.45) is 5.73 Å². The molecule has 7 heteroatoms. The van der Waals surface area contributed by atoms with Crippen LogP contribution in [-0.4, -0.2) is 42.4 Å². The van der Waals surface area contributed by atoms with Crippen LogP contribution in [0.1, 0.15) is 5.56 Å². The largest absolute Gasteiger partial charge is 0.497 e. The molecule has 3 N–H and O–H groups in total. The van der Waals surface area contributed by atoms with E-state index < -0.39 is 11.8 Å². The minimum Gasteiger partial charge on any atom is -0.497 e. The predicted molar refractivity (Wildman–Crippen MR) is 79.3 cm³/mol. The number of rotatable bonds is 5. The Balaban J connectivity index is 2.60. The first kappa shape index (κ1) is 15.9. The summed E-state index contributed by atoms with van der Waals surface area (Å²) >= 11 is 4.62. The second-order valence-corrected chi connectivity index (χ2v) is 4.69. The normalized spacial score (nSPS) is 9.70. The van der Waals surface area contributed by atoms with Crippen LogP contribution in [0.3, 0.4) is 0 Å². The Hall–Kier alpha value is -2.15. The lowest BCUT2D eigenvalue weighted by Gasteiger charge is -2.17. The van der Waals surface area contributed by atoms with Crippen molar-refractivity contribution in [1.82, 2.24) is 10.2 Å². The van der Waals surface area contributed by atoms with Crippen molar-refractivity contribution in [2.75, 3.05) is 20.7 Å². The van der Waals surface area contributed by atoms with Crippen LogP contribution >= 0.6 is 12.2 Å². The zero-order chi connectivity index (χ0) is 15.1. The lowest BCUT2D eigenvalue weighted by molar-refractivity contribution is -0.145. The van der Waals surface area contributed by atoms with Crippen molar-refractivity contribution in [1.29, 1.82) is 0 Å². The standard InChI is InChI=1S/C13H17N3O3S/c1-16(13(18)12(17)15-7-11(14)20)8-9-4-3-5-10(6-9)19-2/h3-6H,7-8H2,1-2H3,(H2,14,20)(H,15,17). The van der Waals surface area contributed by atoms with Gasteiger partial charge < -0.3 is 20.7 Å². The van der Waals surface area contributed by atoms with E-state index in [-0.39, 0.29) is 11.5 Å². The molecule has 20 heavy (non-hydrogen) atoms. The number of thiocarbonyl (C=S) groups is 1. The quantitative estimate of drug-likeness (QED) is 0.592. The van der Waals surface area contributed by atoms with Gasteiger partial charge >= 0.3 is 11.8 Å². The average Bonchev–Trinajstić information content (AvgIpc) is 2.43. The molecule has 0 aliphatic carbocycles. The second kappa shape index (κ2) is 7.44. The van der Waals surface area contributed by atoms with Gasteiger partial charge in [0.15, 0.2) is 0 Å². The maximum Gasteiger partial charge on any atom is 0.311 e. The highest BCUT2D eigenvalue weighted by atomic mass is 32.1. The first-order chi connectivity index (χ1) is 9.43. The molecule has 0 fully saturated rings. The zero-order valence-corrected chi connectivity index (χ0v) is 12.2. The van der Waals surface area contributed by atoms with Crippen molar-refractivity contribution in [3.63, 3.8) is 0 Å². The third-order valence-corrected chi connectivity index (χ3v) is 2.66. The molecule has 0 aromatic heterocycles. The molecule has 108 valence electrons. The molecule has 0 bridgehead atoms. The number of carbonyl (C=O) groups is 2. The Morgan fingerprint density at radius 1 is 1.45 bits per heavy atom. The molecule has 0 spiro atoms. The SMILES string of the molecule is COc1cccc(CN(C)C(=O)C(=O)NCC(N)=S)c1. The number of likely N-dealkylation sites (N-methyl/N-ethyl adjacent to an activating group) is 1. The highest BCUT2D eigenvalue weighted by molar-refractivity contribution is 7.80. The highest BCUT2D eigenvalue weighted by Gasteiger charge is 2.18. The van der Waals surface area contributed by atoms with Gasteiger partial charge in [0.1, 0.15) is 5.75 Å². The molecule has 0 saturated carbocycles. The van der Waals surface area contributed by atoms with Gasteiger partial charge in [0.05, 0.1) is 18.6 Å². The van der Waals surface area contributed by atoms with E-state index in [9.17, 15) is 9.59 Å². The van der Waals surface area contributed by atoms with Gasteiger partial charge in [-0.2, -0.15) is 0 Å². The van der Waals surface area contributed by atoms with E-state index in [2.05, 4.69) is 17.5 Å². The Morgan fingerprint density at radius 2 is 2.15 bits per heavy atom.